The molecule has 0 saturated heterocycles. The van der Waals surface area contributed by atoms with Gasteiger partial charge in [-0.3, -0.25) is 19.2 Å². The monoisotopic (exact) mass is 742 g/mol. The molecule has 0 bridgehead atoms. The van der Waals surface area contributed by atoms with Crippen LogP contribution < -0.4 is 28.3 Å². The highest BCUT2D eigenvalue weighted by Crippen LogP contribution is 2.20. The number of nitrogen functional groups attached to an aromatic ring is 1. The summed E-state index contributed by atoms with van der Waals surface area (Å²) >= 11 is 0. The molecule has 2 atom stereocenters. The minimum absolute atomic E-state index is 0.00492. The number of carboxylic acid groups (broad SMARTS) is 1. The largest absolute Gasteiger partial charge is 0.479 e. The van der Waals surface area contributed by atoms with Crippen molar-refractivity contribution in [3.05, 3.63) is 12.7 Å². The molecular weight excluding hydrogens is 692 g/mol. The normalized spacial score (nSPS) is 12.4. The average molecular weight is 743 g/mol. The second-order valence-electron chi connectivity index (χ2n) is 10.9. The molecule has 2 amide bonds. The van der Waals surface area contributed by atoms with Crippen LogP contribution in [0.4, 0.5) is 5.82 Å². The summed E-state index contributed by atoms with van der Waals surface area (Å²) in [6, 6.07) is -0.959. The molecule has 0 fully saturated rings. The number of hydrogen-bond acceptors (Lipinski definition) is 18. The summed E-state index contributed by atoms with van der Waals surface area (Å²) in [6.07, 6.45) is 1.10. The molecule has 0 saturated carbocycles. The van der Waals surface area contributed by atoms with Gasteiger partial charge in [0, 0.05) is 39.1 Å². The summed E-state index contributed by atoms with van der Waals surface area (Å²) in [5.41, 5.74) is 23.2. The lowest BCUT2D eigenvalue weighted by atomic mass is 10.2. The summed E-state index contributed by atoms with van der Waals surface area (Å²) in [7, 11) is 0. The fourth-order valence-electron chi connectivity index (χ4n) is 4.22. The molecule has 0 radical (unpaired) electrons. The number of imidazole rings is 1. The van der Waals surface area contributed by atoms with Gasteiger partial charge in [0.2, 0.25) is 17.9 Å². The maximum atomic E-state index is 12.9. The van der Waals surface area contributed by atoms with Crippen LogP contribution in [0.5, 0.6) is 0 Å². The Morgan fingerprint density at radius 2 is 1.50 bits per heavy atom. The van der Waals surface area contributed by atoms with Gasteiger partial charge >= 0.3 is 5.97 Å². The van der Waals surface area contributed by atoms with Gasteiger partial charge < -0.3 is 71.2 Å². The lowest BCUT2D eigenvalue weighted by Gasteiger charge is -2.23. The van der Waals surface area contributed by atoms with Crippen molar-refractivity contribution in [1.82, 2.24) is 29.7 Å². The second kappa shape index (κ2) is 25.7. The molecule has 2 aliphatic rings. The Bertz CT molecular complexity index is 1350. The first kappa shape index (κ1) is 43.9. The number of hydrogen-bond donors (Lipinski definition) is 6. The average Bonchev–Trinajstić information content (AvgIpc) is 3.61. The quantitative estimate of drug-likeness (QED) is 0.0314. The summed E-state index contributed by atoms with van der Waals surface area (Å²) in [5, 5.41) is 11.9. The van der Waals surface area contributed by atoms with Crippen molar-refractivity contribution in [3.63, 3.8) is 0 Å². The minimum Gasteiger partial charge on any atom is -0.479 e. The van der Waals surface area contributed by atoms with Crippen LogP contribution >= 0.6 is 0 Å². The maximum Gasteiger partial charge on any atom is 0.340 e. The molecule has 0 spiro atoms. The lowest BCUT2D eigenvalue weighted by Crippen LogP contribution is -2.40. The van der Waals surface area contributed by atoms with E-state index in [1.54, 1.807) is 0 Å². The first-order valence-corrected chi connectivity index (χ1v) is 16.5. The van der Waals surface area contributed by atoms with Crippen molar-refractivity contribution >= 4 is 35.2 Å². The van der Waals surface area contributed by atoms with E-state index in [2.05, 4.69) is 20.3 Å². The highest BCUT2D eigenvalue weighted by Gasteiger charge is 2.27. The highest BCUT2D eigenvalue weighted by atomic mass is 16.6. The van der Waals surface area contributed by atoms with Crippen molar-refractivity contribution < 1.29 is 57.5 Å². The van der Waals surface area contributed by atoms with Crippen LogP contribution in [-0.2, 0) is 58.9 Å². The molecule has 2 unspecified atom stereocenters. The van der Waals surface area contributed by atoms with E-state index >= 15 is 0 Å². The molecule has 10 N–H and O–H groups in total. The standard InChI is InChI=1S/C30H50N10O12/c31-2-6-39(25(44)15-40-20-38-29-26(28(40)34)36-19-37-29)5-1-24(43)35-4-8-48-9-10-50-17-22(41)21(33)16-49-11-12-51-18-23(42)27(30(45)46)52-14-13-47-7-3-32/h19-21,27H,1-18,31-34H2,(H,35,43)(H,45,46). The number of carbonyl (C=O) groups is 5. The van der Waals surface area contributed by atoms with Crippen molar-refractivity contribution in [3.8, 4) is 11.5 Å². The number of ether oxygens (including phenoxy) is 6. The van der Waals surface area contributed by atoms with Crippen LogP contribution in [0.1, 0.15) is 6.42 Å². The number of fused-ring (bicyclic) bond motifs is 1. The van der Waals surface area contributed by atoms with Gasteiger partial charge in [-0.1, -0.05) is 0 Å². The molecule has 22 nitrogen and oxygen atoms in total. The van der Waals surface area contributed by atoms with Gasteiger partial charge in [-0.05, 0) is 0 Å². The van der Waals surface area contributed by atoms with Gasteiger partial charge in [0.1, 0.15) is 37.6 Å². The molecule has 22 heteroatoms. The van der Waals surface area contributed by atoms with Crippen LogP contribution in [0.15, 0.2) is 12.7 Å². The minimum atomic E-state index is -1.69. The SMILES string of the molecule is NCCOCCOC(C(=O)O)C(=O)COCCOCC(N)C(=O)COCCOCCNC(=O)CCN(CCN)C(=O)Cn1cnc2ncnc-2c1N. The molecule has 52 heavy (non-hydrogen) atoms. The number of carboxylic acids is 1. The van der Waals surface area contributed by atoms with Crippen molar-refractivity contribution in [1.29, 1.82) is 0 Å². The number of ketones is 2. The number of aliphatic carboxylic acids is 1. The number of nitrogens with two attached hydrogens (primary N) is 4. The third-order valence-electron chi connectivity index (χ3n) is 6.92. The van der Waals surface area contributed by atoms with Crippen LogP contribution in [0.25, 0.3) is 11.5 Å². The molecule has 0 aromatic heterocycles. The molecule has 0 aromatic rings. The van der Waals surface area contributed by atoms with E-state index in [1.165, 1.54) is 22.1 Å². The van der Waals surface area contributed by atoms with Gasteiger partial charge in [-0.25, -0.2) is 19.7 Å². The zero-order valence-electron chi connectivity index (χ0n) is 29.0. The summed E-state index contributed by atoms with van der Waals surface area (Å²) < 4.78 is 32.7. The first-order chi connectivity index (χ1) is 25.1. The van der Waals surface area contributed by atoms with Gasteiger partial charge in [-0.15, -0.1) is 0 Å². The fourth-order valence-corrected chi connectivity index (χ4v) is 4.22. The van der Waals surface area contributed by atoms with E-state index in [1.807, 2.05) is 0 Å². The van der Waals surface area contributed by atoms with Crippen LogP contribution in [0, 0.1) is 0 Å². The topological polar surface area (TPSA) is 324 Å². The zero-order valence-corrected chi connectivity index (χ0v) is 29.0. The van der Waals surface area contributed by atoms with Gasteiger partial charge in [-0.2, -0.15) is 0 Å². The third-order valence-corrected chi connectivity index (χ3v) is 6.92. The molecule has 0 aliphatic carbocycles. The van der Waals surface area contributed by atoms with E-state index in [0.29, 0.717) is 18.1 Å². The number of Topliss-reactive ketones (excluding diaryl/α,β-unsaturated/α-hetero) is 2. The summed E-state index contributed by atoms with van der Waals surface area (Å²) in [6.45, 7) is 0.852. The van der Waals surface area contributed by atoms with E-state index in [0.717, 1.165) is 0 Å². The molecule has 0 aromatic carbocycles. The highest BCUT2D eigenvalue weighted by molar-refractivity contribution is 6.01. The fraction of sp³-hybridized carbons (Fsp3) is 0.667. The van der Waals surface area contributed by atoms with Crippen LogP contribution in [-0.4, -0.2) is 176 Å². The van der Waals surface area contributed by atoms with Crippen LogP contribution in [0.3, 0.4) is 0 Å². The number of rotatable bonds is 31. The van der Waals surface area contributed by atoms with E-state index in [4.69, 9.17) is 56.5 Å². The number of carbonyl (C=O) groups excluding carboxylic acids is 4. The second-order valence-corrected chi connectivity index (χ2v) is 10.9. The molecule has 292 valence electrons. The molecule has 2 aliphatic heterocycles. The van der Waals surface area contributed by atoms with E-state index in [-0.39, 0.29) is 123 Å². The summed E-state index contributed by atoms with van der Waals surface area (Å²) in [4.78, 5) is 74.3. The number of aromatic nitrogens is 4. The Hall–Kier alpha value is -4.26. The summed E-state index contributed by atoms with van der Waals surface area (Å²) in [5.74, 6) is -2.56. The van der Waals surface area contributed by atoms with Crippen molar-refractivity contribution in [2.24, 2.45) is 17.2 Å². The van der Waals surface area contributed by atoms with E-state index < -0.39 is 36.3 Å². The third kappa shape index (κ3) is 16.8. The Balaban J connectivity index is 1.49. The zero-order chi connectivity index (χ0) is 38.1. The number of nitrogens with zero attached hydrogens (tertiary/aromatic N) is 5. The number of nitrogens with one attached hydrogen (secondary N) is 1. The lowest BCUT2D eigenvalue weighted by molar-refractivity contribution is -0.159. The van der Waals surface area contributed by atoms with E-state index in [9.17, 15) is 24.0 Å². The molecular formula is C30H50N10O12. The van der Waals surface area contributed by atoms with Crippen molar-refractivity contribution in [2.75, 3.05) is 111 Å². The smallest absolute Gasteiger partial charge is 0.340 e. The number of anilines is 1. The van der Waals surface area contributed by atoms with Crippen LogP contribution in [0.2, 0.25) is 0 Å². The Kier molecular flexibility index (Phi) is 21.7. The van der Waals surface area contributed by atoms with Gasteiger partial charge in [0.25, 0.3) is 0 Å². The molecule has 2 rings (SSSR count). The maximum absolute atomic E-state index is 12.9. The molecule has 2 heterocycles. The Morgan fingerprint density at radius 1 is 0.827 bits per heavy atom. The van der Waals surface area contributed by atoms with Crippen molar-refractivity contribution in [2.45, 2.75) is 25.1 Å². The van der Waals surface area contributed by atoms with Gasteiger partial charge in [0.15, 0.2) is 17.4 Å². The van der Waals surface area contributed by atoms with Gasteiger partial charge in [0.05, 0.1) is 71.8 Å². The number of amides is 2. The predicted molar refractivity (Wildman–Crippen MR) is 181 cm³/mol. The first-order valence-electron chi connectivity index (χ1n) is 16.5. The Morgan fingerprint density at radius 3 is 2.21 bits per heavy atom. The Labute approximate surface area is 300 Å². The predicted octanol–water partition coefficient (Wildman–Crippen LogP) is -4.37.